The monoisotopic (exact) mass is 225 g/mol. The Labute approximate surface area is 49.6 Å². The van der Waals surface area contributed by atoms with Crippen molar-refractivity contribution in [3.63, 3.8) is 0 Å². The number of rotatable bonds is 4. The normalized spacial score (nSPS) is 10.0. The zero-order chi connectivity index (χ0) is 5.54. The van der Waals surface area contributed by atoms with Crippen molar-refractivity contribution in [1.29, 1.82) is 0 Å². The van der Waals surface area contributed by atoms with Crippen LogP contribution in [-0.2, 0) is 16.5 Å². The van der Waals surface area contributed by atoms with E-state index in [1.165, 1.54) is 0 Å². The molecule has 0 spiro atoms. The Morgan fingerprint density at radius 3 is 1.71 bits per heavy atom. The standard InChI is InChI=1S/H2IO6/c2-6-4-1-5-7-3/h2-3H/q-1. The van der Waals surface area contributed by atoms with Gasteiger partial charge in [-0.3, -0.25) is 0 Å². The van der Waals surface area contributed by atoms with E-state index < -0.39 is 22.0 Å². The summed E-state index contributed by atoms with van der Waals surface area (Å²) in [4.78, 5) is 0. The first-order chi connectivity index (χ1) is 3.41. The van der Waals surface area contributed by atoms with Crippen LogP contribution >= 0.6 is 0 Å². The molecule has 0 atom stereocenters. The maximum absolute atomic E-state index is 7.38. The van der Waals surface area contributed by atoms with Gasteiger partial charge in [0.25, 0.3) is 0 Å². The zero-order valence-corrected chi connectivity index (χ0v) is 5.06. The molecule has 0 unspecified atom stereocenters. The second kappa shape index (κ2) is 6.49. The van der Waals surface area contributed by atoms with Gasteiger partial charge in [0, 0.05) is 0 Å². The molecular weight excluding hydrogens is 223 g/mol. The summed E-state index contributed by atoms with van der Waals surface area (Å²) in [5.41, 5.74) is 0. The third kappa shape index (κ3) is 6.49. The van der Waals surface area contributed by atoms with Crippen LogP contribution in [0.4, 0.5) is 0 Å². The van der Waals surface area contributed by atoms with Crippen molar-refractivity contribution in [2.24, 2.45) is 0 Å². The summed E-state index contributed by atoms with van der Waals surface area (Å²) >= 11 is -1.32. The van der Waals surface area contributed by atoms with Gasteiger partial charge in [0.2, 0.25) is 0 Å². The molecule has 0 bridgehead atoms. The molecule has 0 rings (SSSR count). The van der Waals surface area contributed by atoms with Crippen LogP contribution < -0.4 is 22.0 Å². The predicted molar refractivity (Wildman–Crippen MR) is 9.60 cm³/mol. The van der Waals surface area contributed by atoms with Crippen LogP contribution in [-0.4, -0.2) is 10.5 Å². The molecule has 0 fully saturated rings. The van der Waals surface area contributed by atoms with Gasteiger partial charge in [0.15, 0.2) is 0 Å². The van der Waals surface area contributed by atoms with E-state index in [2.05, 4.69) is 16.5 Å². The summed E-state index contributed by atoms with van der Waals surface area (Å²) in [6, 6.07) is 0. The summed E-state index contributed by atoms with van der Waals surface area (Å²) in [5, 5.41) is 20.9. The molecule has 0 aliphatic heterocycles. The minimum atomic E-state index is -1.32. The molecule has 0 heterocycles. The predicted octanol–water partition coefficient (Wildman–Crippen LogP) is -3.25. The van der Waals surface area contributed by atoms with Crippen LogP contribution in [0.1, 0.15) is 0 Å². The Hall–Kier alpha value is 0.490. The first-order valence-electron chi connectivity index (χ1n) is 1.01. The topological polar surface area (TPSA) is 77.4 Å². The summed E-state index contributed by atoms with van der Waals surface area (Å²) in [5.74, 6) is 0. The molecule has 0 aliphatic carbocycles. The average molecular weight is 225 g/mol. The molecule has 0 aromatic carbocycles. The molecule has 0 aromatic heterocycles. The van der Waals surface area contributed by atoms with Gasteiger partial charge >= 0.3 is 49.1 Å². The molecule has 0 radical (unpaired) electrons. The molecule has 0 saturated heterocycles. The first-order valence-corrected chi connectivity index (χ1v) is 2.77. The fourth-order valence-electron chi connectivity index (χ4n) is 0.0335. The quantitative estimate of drug-likeness (QED) is 0.226. The molecule has 7 heteroatoms. The summed E-state index contributed by atoms with van der Waals surface area (Å²) in [6.07, 6.45) is 0. The fourth-order valence-corrected chi connectivity index (χ4v) is 0.225. The van der Waals surface area contributed by atoms with Crippen LogP contribution in [0.5, 0.6) is 0 Å². The van der Waals surface area contributed by atoms with E-state index in [4.69, 9.17) is 10.5 Å². The Morgan fingerprint density at radius 1 is 1.00 bits per heavy atom. The van der Waals surface area contributed by atoms with E-state index in [-0.39, 0.29) is 0 Å². The molecule has 0 saturated carbocycles. The van der Waals surface area contributed by atoms with Gasteiger partial charge in [-0.1, -0.05) is 0 Å². The second-order valence-corrected chi connectivity index (χ2v) is 1.42. The van der Waals surface area contributed by atoms with Gasteiger partial charge < -0.3 is 0 Å². The molecule has 2 N–H and O–H groups in total. The zero-order valence-electron chi connectivity index (χ0n) is 2.91. The maximum atomic E-state index is 7.38. The summed E-state index contributed by atoms with van der Waals surface area (Å²) in [6.45, 7) is 0. The number of hydrogen-bond donors (Lipinski definition) is 2. The van der Waals surface area contributed by atoms with E-state index >= 15 is 0 Å². The van der Waals surface area contributed by atoms with Gasteiger partial charge in [-0.15, -0.1) is 0 Å². The van der Waals surface area contributed by atoms with Crippen LogP contribution in [0.3, 0.4) is 0 Å². The fraction of sp³-hybridized carbons (Fsp3) is 0. The SMILES string of the molecule is OOO[I-]OOO. The van der Waals surface area contributed by atoms with Crippen molar-refractivity contribution >= 4 is 0 Å². The molecule has 0 aromatic rings. The van der Waals surface area contributed by atoms with Crippen molar-refractivity contribution < 1.29 is 49.1 Å². The molecule has 46 valence electrons. The van der Waals surface area contributed by atoms with Gasteiger partial charge in [-0.25, -0.2) is 0 Å². The van der Waals surface area contributed by atoms with Gasteiger partial charge in [0.05, 0.1) is 0 Å². The van der Waals surface area contributed by atoms with Crippen molar-refractivity contribution in [3.8, 4) is 0 Å². The van der Waals surface area contributed by atoms with Crippen LogP contribution in [0.15, 0.2) is 0 Å². The number of halogens is 1. The second-order valence-electron chi connectivity index (χ2n) is 0.338. The van der Waals surface area contributed by atoms with Crippen LogP contribution in [0, 0.1) is 0 Å². The molecule has 6 nitrogen and oxygen atoms in total. The van der Waals surface area contributed by atoms with E-state index in [1.54, 1.807) is 0 Å². The summed E-state index contributed by atoms with van der Waals surface area (Å²) in [7, 11) is 0. The van der Waals surface area contributed by atoms with E-state index in [0.717, 1.165) is 0 Å². The van der Waals surface area contributed by atoms with Crippen molar-refractivity contribution in [3.05, 3.63) is 0 Å². The van der Waals surface area contributed by atoms with E-state index in [0.29, 0.717) is 0 Å². The van der Waals surface area contributed by atoms with Crippen molar-refractivity contribution in [1.82, 2.24) is 0 Å². The summed E-state index contributed by atoms with van der Waals surface area (Å²) < 4.78 is 7.46. The Morgan fingerprint density at radius 2 is 1.43 bits per heavy atom. The van der Waals surface area contributed by atoms with E-state index in [1.807, 2.05) is 0 Å². The average Bonchev–Trinajstić information content (AvgIpc) is 1.69. The van der Waals surface area contributed by atoms with Crippen LogP contribution in [0.2, 0.25) is 0 Å². The Bertz CT molecular complexity index is 23.4. The minimum absolute atomic E-state index is 1.32. The molecule has 7 heavy (non-hydrogen) atoms. The molecule has 0 aliphatic rings. The van der Waals surface area contributed by atoms with Gasteiger partial charge in [-0.05, 0) is 0 Å². The van der Waals surface area contributed by atoms with Gasteiger partial charge in [0.1, 0.15) is 0 Å². The molecule has 0 amide bonds. The Kier molecular flexibility index (Phi) is 6.94. The van der Waals surface area contributed by atoms with E-state index in [9.17, 15) is 0 Å². The first kappa shape index (κ1) is 7.49. The third-order valence-electron chi connectivity index (χ3n) is 0.108. The number of hydrogen-bond acceptors (Lipinski definition) is 6. The Balaban J connectivity index is 2.45. The van der Waals surface area contributed by atoms with Crippen molar-refractivity contribution in [2.75, 3.05) is 0 Å². The third-order valence-corrected chi connectivity index (χ3v) is 0.723. The van der Waals surface area contributed by atoms with Gasteiger partial charge in [-0.2, -0.15) is 0 Å². The van der Waals surface area contributed by atoms with Crippen LogP contribution in [0.25, 0.3) is 0 Å². The molecular formula is H2IO6-. The van der Waals surface area contributed by atoms with Crippen molar-refractivity contribution in [2.45, 2.75) is 0 Å².